The number of sulfone groups is 1. The molecule has 1 heterocycles. The summed E-state index contributed by atoms with van der Waals surface area (Å²) in [6.45, 7) is 1.85. The van der Waals surface area contributed by atoms with Gasteiger partial charge in [0, 0.05) is 10.0 Å². The van der Waals surface area contributed by atoms with Crippen LogP contribution in [0.3, 0.4) is 0 Å². The molecular formula is C14H17BrN2O4S. The number of nitrogens with zero attached hydrogens (tertiary/aromatic N) is 1. The molecule has 2 N–H and O–H groups in total. The van der Waals surface area contributed by atoms with Crippen LogP contribution in [0, 0.1) is 5.92 Å². The molecule has 22 heavy (non-hydrogen) atoms. The maximum Gasteiger partial charge on any atom is 0.244 e. The third-order valence-electron chi connectivity index (χ3n) is 3.51. The summed E-state index contributed by atoms with van der Waals surface area (Å²) in [5, 5.41) is 13.9. The monoisotopic (exact) mass is 388 g/mol. The summed E-state index contributed by atoms with van der Waals surface area (Å²) in [6, 6.07) is 4.95. The van der Waals surface area contributed by atoms with Crippen molar-refractivity contribution in [2.75, 3.05) is 11.5 Å². The van der Waals surface area contributed by atoms with E-state index in [1.165, 1.54) is 6.07 Å². The molecule has 0 unspecified atom stereocenters. The summed E-state index contributed by atoms with van der Waals surface area (Å²) in [4.78, 5) is 12.0. The number of carbonyl (C=O) groups excluding carboxylic acids is 1. The number of rotatable bonds is 4. The number of halogens is 1. The van der Waals surface area contributed by atoms with Gasteiger partial charge < -0.3 is 5.11 Å². The van der Waals surface area contributed by atoms with Crippen molar-refractivity contribution in [2.45, 2.75) is 19.8 Å². The number of carbonyl (C=O) groups is 1. The standard InChI is InChI=1S/C14H17BrN2O4S/c1-2-12(11-7-10(15)3-4-13(11)18)16-17-14(19)9-5-6-22(20,21)8-9/h3-4,7,9,18H,2,5-6,8H2,1H3,(H,17,19)/b16-12+/t9-/m1/s1. The van der Waals surface area contributed by atoms with Gasteiger partial charge in [-0.15, -0.1) is 0 Å². The highest BCUT2D eigenvalue weighted by Crippen LogP contribution is 2.23. The average molecular weight is 389 g/mol. The van der Waals surface area contributed by atoms with Gasteiger partial charge in [-0.05, 0) is 31.0 Å². The quantitative estimate of drug-likeness (QED) is 0.607. The summed E-state index contributed by atoms with van der Waals surface area (Å²) < 4.78 is 23.6. The van der Waals surface area contributed by atoms with E-state index in [-0.39, 0.29) is 17.3 Å². The lowest BCUT2D eigenvalue weighted by atomic mass is 10.1. The Morgan fingerprint density at radius 3 is 2.82 bits per heavy atom. The highest BCUT2D eigenvalue weighted by Gasteiger charge is 2.32. The molecule has 0 aromatic heterocycles. The Morgan fingerprint density at radius 1 is 1.50 bits per heavy atom. The fourth-order valence-corrected chi connectivity index (χ4v) is 4.39. The minimum atomic E-state index is -3.10. The van der Waals surface area contributed by atoms with Crippen molar-refractivity contribution in [1.29, 1.82) is 0 Å². The van der Waals surface area contributed by atoms with Crippen LogP contribution in [0.15, 0.2) is 27.8 Å². The number of benzene rings is 1. The van der Waals surface area contributed by atoms with Crippen molar-refractivity contribution in [3.8, 4) is 5.75 Å². The Labute approximate surface area is 137 Å². The molecule has 8 heteroatoms. The van der Waals surface area contributed by atoms with Gasteiger partial charge >= 0.3 is 0 Å². The maximum absolute atomic E-state index is 12.0. The Kier molecular flexibility index (Phi) is 5.23. The van der Waals surface area contributed by atoms with Crippen LogP contribution in [0.2, 0.25) is 0 Å². The molecule has 0 spiro atoms. The first-order valence-corrected chi connectivity index (χ1v) is 9.49. The van der Waals surface area contributed by atoms with Crippen molar-refractivity contribution in [3.63, 3.8) is 0 Å². The number of hydrogen-bond donors (Lipinski definition) is 2. The lowest BCUT2D eigenvalue weighted by molar-refractivity contribution is -0.124. The number of hydrogen-bond acceptors (Lipinski definition) is 5. The Morgan fingerprint density at radius 2 is 2.23 bits per heavy atom. The number of amides is 1. The van der Waals surface area contributed by atoms with Crippen LogP contribution in [0.4, 0.5) is 0 Å². The smallest absolute Gasteiger partial charge is 0.244 e. The van der Waals surface area contributed by atoms with Crippen molar-refractivity contribution >= 4 is 37.4 Å². The molecule has 1 aliphatic heterocycles. The number of hydrazone groups is 1. The fraction of sp³-hybridized carbons (Fsp3) is 0.429. The van der Waals surface area contributed by atoms with Crippen LogP contribution in [-0.4, -0.2) is 36.6 Å². The number of aromatic hydroxyl groups is 1. The van der Waals surface area contributed by atoms with Gasteiger partial charge in [0.25, 0.3) is 0 Å². The number of nitrogens with one attached hydrogen (secondary N) is 1. The van der Waals surface area contributed by atoms with Crippen LogP contribution in [-0.2, 0) is 14.6 Å². The third-order valence-corrected chi connectivity index (χ3v) is 5.77. The number of phenolic OH excluding ortho intramolecular Hbond substituents is 1. The van der Waals surface area contributed by atoms with Gasteiger partial charge in [0.1, 0.15) is 5.75 Å². The van der Waals surface area contributed by atoms with Gasteiger partial charge in [-0.2, -0.15) is 5.10 Å². The summed E-state index contributed by atoms with van der Waals surface area (Å²) in [7, 11) is -3.10. The fourth-order valence-electron chi connectivity index (χ4n) is 2.28. The van der Waals surface area contributed by atoms with Crippen molar-refractivity contribution in [2.24, 2.45) is 11.0 Å². The normalized spacial score (nSPS) is 20.8. The van der Waals surface area contributed by atoms with Crippen LogP contribution in [0.25, 0.3) is 0 Å². The van der Waals surface area contributed by atoms with Gasteiger partial charge in [0.2, 0.25) is 5.91 Å². The van der Waals surface area contributed by atoms with E-state index >= 15 is 0 Å². The number of phenols is 1. The zero-order chi connectivity index (χ0) is 16.3. The van der Waals surface area contributed by atoms with Crippen molar-refractivity contribution in [3.05, 3.63) is 28.2 Å². The van der Waals surface area contributed by atoms with E-state index in [1.807, 2.05) is 6.92 Å². The van der Waals surface area contributed by atoms with E-state index in [2.05, 4.69) is 26.5 Å². The van der Waals surface area contributed by atoms with Gasteiger partial charge in [-0.3, -0.25) is 4.79 Å². The van der Waals surface area contributed by atoms with Crippen LogP contribution < -0.4 is 5.43 Å². The molecule has 6 nitrogen and oxygen atoms in total. The van der Waals surface area contributed by atoms with Gasteiger partial charge in [-0.1, -0.05) is 22.9 Å². The molecule has 1 aromatic rings. The first-order chi connectivity index (χ1) is 10.3. The predicted molar refractivity (Wildman–Crippen MR) is 87.5 cm³/mol. The molecule has 1 amide bonds. The molecule has 1 saturated heterocycles. The van der Waals surface area contributed by atoms with Crippen LogP contribution in [0.5, 0.6) is 5.75 Å². The van der Waals surface area contributed by atoms with Crippen molar-refractivity contribution in [1.82, 2.24) is 5.43 Å². The lowest BCUT2D eigenvalue weighted by Crippen LogP contribution is -2.28. The second-order valence-electron chi connectivity index (χ2n) is 5.15. The highest BCUT2D eigenvalue weighted by molar-refractivity contribution is 9.10. The molecule has 1 aromatic carbocycles. The van der Waals surface area contributed by atoms with Gasteiger partial charge in [0.15, 0.2) is 9.84 Å². The van der Waals surface area contributed by atoms with Crippen molar-refractivity contribution < 1.29 is 18.3 Å². The van der Waals surface area contributed by atoms with Gasteiger partial charge in [-0.25, -0.2) is 13.8 Å². The minimum absolute atomic E-state index is 0.0435. The van der Waals surface area contributed by atoms with E-state index in [0.717, 1.165) is 4.47 Å². The summed E-state index contributed by atoms with van der Waals surface area (Å²) >= 11 is 3.32. The van der Waals surface area contributed by atoms with E-state index < -0.39 is 21.7 Å². The first-order valence-electron chi connectivity index (χ1n) is 6.88. The maximum atomic E-state index is 12.0. The Balaban J connectivity index is 2.13. The van der Waals surface area contributed by atoms with E-state index in [4.69, 9.17) is 0 Å². The third kappa shape index (κ3) is 4.07. The molecular weight excluding hydrogens is 372 g/mol. The van der Waals surface area contributed by atoms with E-state index in [9.17, 15) is 18.3 Å². The molecule has 1 aliphatic rings. The zero-order valence-corrected chi connectivity index (χ0v) is 14.4. The first kappa shape index (κ1) is 17.0. The molecule has 2 rings (SSSR count). The predicted octanol–water partition coefficient (Wildman–Crippen LogP) is 1.82. The minimum Gasteiger partial charge on any atom is -0.507 e. The van der Waals surface area contributed by atoms with E-state index in [0.29, 0.717) is 24.1 Å². The van der Waals surface area contributed by atoms with Gasteiger partial charge in [0.05, 0.1) is 23.1 Å². The molecule has 1 fully saturated rings. The van der Waals surface area contributed by atoms with E-state index in [1.54, 1.807) is 12.1 Å². The second-order valence-corrected chi connectivity index (χ2v) is 8.29. The molecule has 0 saturated carbocycles. The molecule has 0 bridgehead atoms. The van der Waals surface area contributed by atoms with Crippen LogP contribution in [0.1, 0.15) is 25.3 Å². The molecule has 0 radical (unpaired) electrons. The SMILES string of the molecule is CC/C(=N\NC(=O)[C@@H]1CCS(=O)(=O)C1)c1cc(Br)ccc1O. The summed E-state index contributed by atoms with van der Waals surface area (Å²) in [5.74, 6) is -0.967. The molecule has 120 valence electrons. The topological polar surface area (TPSA) is 95.8 Å². The average Bonchev–Trinajstić information content (AvgIpc) is 2.83. The Bertz CT molecular complexity index is 716. The largest absolute Gasteiger partial charge is 0.507 e. The lowest BCUT2D eigenvalue weighted by Gasteiger charge is -2.09. The van der Waals surface area contributed by atoms with Crippen LogP contribution >= 0.6 is 15.9 Å². The Hall–Kier alpha value is -1.41. The highest BCUT2D eigenvalue weighted by atomic mass is 79.9. The molecule has 0 aliphatic carbocycles. The second kappa shape index (κ2) is 6.78. The zero-order valence-electron chi connectivity index (χ0n) is 12.0. The summed E-state index contributed by atoms with van der Waals surface area (Å²) in [5.41, 5.74) is 3.46. The summed E-state index contributed by atoms with van der Waals surface area (Å²) in [6.07, 6.45) is 0.834. The molecule has 1 atom stereocenters.